The number of aliphatic hydroxyl groups excluding tert-OH is 1. The molecular weight excluding hydrogens is 394 g/mol. The van der Waals surface area contributed by atoms with Gasteiger partial charge in [-0.15, -0.1) is 0 Å². The molecule has 0 bridgehead atoms. The van der Waals surface area contributed by atoms with E-state index in [0.717, 1.165) is 19.4 Å². The molecule has 1 saturated heterocycles. The second-order valence-corrected chi connectivity index (χ2v) is 6.06. The predicted molar refractivity (Wildman–Crippen MR) is 97.2 cm³/mol. The van der Waals surface area contributed by atoms with E-state index in [1.165, 1.54) is 6.08 Å². The largest absolute Gasteiger partial charge is 0.395 e. The average molecular weight is 418 g/mol. The Morgan fingerprint density at radius 1 is 1.64 bits per heavy atom. The number of carbonyl (C=O) groups is 2. The van der Waals surface area contributed by atoms with Gasteiger partial charge < -0.3 is 25.8 Å². The molecule has 140 valence electrons. The summed E-state index contributed by atoms with van der Waals surface area (Å²) in [7, 11) is 1.66. The molecule has 0 radical (unpaired) electrons. The summed E-state index contributed by atoms with van der Waals surface area (Å²) in [5.74, 6) is -0.218. The van der Waals surface area contributed by atoms with Crippen molar-refractivity contribution < 1.29 is 19.4 Å². The lowest BCUT2D eigenvalue weighted by Gasteiger charge is -2.22. The van der Waals surface area contributed by atoms with E-state index in [1.807, 2.05) is 4.90 Å². The smallest absolute Gasteiger partial charge is 0.255 e. The number of hydrogen-bond donors (Lipinski definition) is 4. The highest BCUT2D eigenvalue weighted by molar-refractivity contribution is 9.10. The topological polar surface area (TPSA) is 134 Å². The Kier molecular flexibility index (Phi) is 9.17. The summed E-state index contributed by atoms with van der Waals surface area (Å²) in [4.78, 5) is 24.0. The zero-order valence-corrected chi connectivity index (χ0v) is 15.7. The number of nitrogens with two attached hydrogens (primary N) is 1. The van der Waals surface area contributed by atoms with Gasteiger partial charge >= 0.3 is 0 Å². The second-order valence-electron chi connectivity index (χ2n) is 5.26. The van der Waals surface area contributed by atoms with E-state index in [1.54, 1.807) is 7.11 Å². The molecule has 2 heterocycles. The number of halogens is 1. The molecule has 0 spiro atoms. The van der Waals surface area contributed by atoms with Crippen LogP contribution >= 0.6 is 15.9 Å². The lowest BCUT2D eigenvalue weighted by molar-refractivity contribution is -0.127. The van der Waals surface area contributed by atoms with E-state index < -0.39 is 5.91 Å². The van der Waals surface area contributed by atoms with Crippen LogP contribution in [0.1, 0.15) is 23.2 Å². The zero-order valence-electron chi connectivity index (χ0n) is 14.1. The fourth-order valence-corrected chi connectivity index (χ4v) is 2.93. The lowest BCUT2D eigenvalue weighted by Crippen LogP contribution is -2.36. The Morgan fingerprint density at radius 3 is 2.92 bits per heavy atom. The molecule has 1 atom stereocenters. The van der Waals surface area contributed by atoms with Crippen molar-refractivity contribution in [3.05, 3.63) is 22.8 Å². The summed E-state index contributed by atoms with van der Waals surface area (Å²) in [6.07, 6.45) is 3.50. The molecule has 0 aromatic carbocycles. The minimum Gasteiger partial charge on any atom is -0.395 e. The van der Waals surface area contributed by atoms with Gasteiger partial charge in [0, 0.05) is 20.2 Å². The van der Waals surface area contributed by atoms with Crippen LogP contribution < -0.4 is 11.1 Å². The number of nitrogens with one attached hydrogen (secondary N) is 2. The van der Waals surface area contributed by atoms with E-state index in [-0.39, 0.29) is 24.1 Å². The first-order valence-corrected chi connectivity index (χ1v) is 8.55. The van der Waals surface area contributed by atoms with Gasteiger partial charge in [-0.3, -0.25) is 14.7 Å². The van der Waals surface area contributed by atoms with Gasteiger partial charge in [0.2, 0.25) is 5.91 Å². The number of aromatic amines is 1. The van der Waals surface area contributed by atoms with Crippen LogP contribution in [0.25, 0.3) is 0 Å². The highest BCUT2D eigenvalue weighted by Gasteiger charge is 2.26. The molecule has 0 aliphatic carbocycles. The third-order valence-electron chi connectivity index (χ3n) is 3.57. The fourth-order valence-electron chi connectivity index (χ4n) is 2.46. The van der Waals surface area contributed by atoms with Crippen LogP contribution in [0.15, 0.2) is 17.3 Å². The van der Waals surface area contributed by atoms with E-state index >= 15 is 0 Å². The summed E-state index contributed by atoms with van der Waals surface area (Å²) in [6, 6.07) is 0.264. The van der Waals surface area contributed by atoms with Gasteiger partial charge in [-0.1, -0.05) is 6.58 Å². The van der Waals surface area contributed by atoms with Gasteiger partial charge in [-0.25, -0.2) is 0 Å². The summed E-state index contributed by atoms with van der Waals surface area (Å²) >= 11 is 3.09. The molecule has 9 nitrogen and oxygen atoms in total. The minimum atomic E-state index is -0.582. The van der Waals surface area contributed by atoms with Crippen LogP contribution in [0.3, 0.4) is 0 Å². The predicted octanol–water partition coefficient (Wildman–Crippen LogP) is 0.485. The van der Waals surface area contributed by atoms with Gasteiger partial charge in [0.1, 0.15) is 10.2 Å². The quantitative estimate of drug-likeness (QED) is 0.476. The molecule has 10 heteroatoms. The first-order chi connectivity index (χ1) is 12.0. The Balaban J connectivity index is 0.000000251. The van der Waals surface area contributed by atoms with Crippen LogP contribution in [0.5, 0.6) is 0 Å². The van der Waals surface area contributed by atoms with Crippen LogP contribution in [0.2, 0.25) is 0 Å². The van der Waals surface area contributed by atoms with Crippen molar-refractivity contribution in [3.8, 4) is 0 Å². The number of amides is 2. The number of anilines is 1. The Hall–Kier alpha value is -1.91. The van der Waals surface area contributed by atoms with Crippen LogP contribution in [0, 0.1) is 0 Å². The molecule has 25 heavy (non-hydrogen) atoms. The average Bonchev–Trinajstić information content (AvgIpc) is 3.19. The number of ether oxygens (including phenoxy) is 1. The summed E-state index contributed by atoms with van der Waals surface area (Å²) < 4.78 is 5.45. The van der Waals surface area contributed by atoms with Gasteiger partial charge in [-0.05, 0) is 34.8 Å². The van der Waals surface area contributed by atoms with E-state index in [0.29, 0.717) is 23.6 Å². The Bertz CT molecular complexity index is 592. The van der Waals surface area contributed by atoms with E-state index in [2.05, 4.69) is 38.0 Å². The summed E-state index contributed by atoms with van der Waals surface area (Å²) in [5, 5.41) is 17.6. The minimum absolute atomic E-state index is 0.0227. The number of primary amides is 1. The summed E-state index contributed by atoms with van der Waals surface area (Å²) in [6.45, 7) is 5.23. The monoisotopic (exact) mass is 417 g/mol. The molecule has 1 aromatic heterocycles. The normalized spacial score (nSPS) is 16.1. The molecule has 1 unspecified atom stereocenters. The van der Waals surface area contributed by atoms with Crippen molar-refractivity contribution in [2.75, 3.05) is 38.7 Å². The number of nitrogens with zero attached hydrogens (tertiary/aromatic N) is 2. The maximum absolute atomic E-state index is 11.3. The number of hydrogen-bond acceptors (Lipinski definition) is 6. The highest BCUT2D eigenvalue weighted by Crippen LogP contribution is 2.20. The molecule has 1 aliphatic heterocycles. The Morgan fingerprint density at radius 2 is 2.36 bits per heavy atom. The van der Waals surface area contributed by atoms with Crippen molar-refractivity contribution in [2.45, 2.75) is 18.9 Å². The lowest BCUT2D eigenvalue weighted by atomic mass is 10.2. The van der Waals surface area contributed by atoms with Crippen molar-refractivity contribution >= 4 is 33.6 Å². The molecule has 2 rings (SSSR count). The third-order valence-corrected chi connectivity index (χ3v) is 4.14. The number of carbonyl (C=O) groups excluding carboxylic acids is 2. The molecular formula is C15H24BrN5O4. The first kappa shape index (κ1) is 21.1. The Labute approximate surface area is 154 Å². The molecule has 2 amide bonds. The highest BCUT2D eigenvalue weighted by atomic mass is 79.9. The summed E-state index contributed by atoms with van der Waals surface area (Å²) in [5.41, 5.74) is 5.36. The molecule has 1 aliphatic rings. The number of methoxy groups -OCH3 is 1. The van der Waals surface area contributed by atoms with Crippen molar-refractivity contribution in [1.29, 1.82) is 0 Å². The van der Waals surface area contributed by atoms with Crippen LogP contribution in [-0.2, 0) is 9.53 Å². The SMILES string of the molecule is C=CC(=O)N1CCCC1COC.NC(=O)c1c(NCCO)n[nH]c1Br. The molecule has 0 saturated carbocycles. The number of H-pyrrole nitrogens is 1. The maximum Gasteiger partial charge on any atom is 0.255 e. The molecule has 5 N–H and O–H groups in total. The van der Waals surface area contributed by atoms with E-state index in [4.69, 9.17) is 15.6 Å². The van der Waals surface area contributed by atoms with Crippen molar-refractivity contribution in [1.82, 2.24) is 15.1 Å². The van der Waals surface area contributed by atoms with Crippen molar-refractivity contribution in [3.63, 3.8) is 0 Å². The number of aliphatic hydroxyl groups is 1. The fraction of sp³-hybridized carbons (Fsp3) is 0.533. The van der Waals surface area contributed by atoms with Gasteiger partial charge in [0.05, 0.1) is 19.3 Å². The number of rotatable bonds is 7. The third kappa shape index (κ3) is 6.15. The zero-order chi connectivity index (χ0) is 18.8. The van der Waals surface area contributed by atoms with Gasteiger partial charge in [0.15, 0.2) is 5.82 Å². The van der Waals surface area contributed by atoms with Crippen molar-refractivity contribution in [2.24, 2.45) is 5.73 Å². The molecule has 1 aromatic rings. The number of likely N-dealkylation sites (tertiary alicyclic amines) is 1. The van der Waals surface area contributed by atoms with Crippen LogP contribution in [0.4, 0.5) is 5.82 Å². The second kappa shape index (κ2) is 10.9. The standard InChI is InChI=1S/C9H15NO2.C6H9BrN4O2/c1-3-9(11)10-6-4-5-8(10)7-12-2;7-4-3(5(8)13)6(11-10-4)9-1-2-12/h3,8H,1,4-7H2,2H3;12H,1-2H2,(H2,8,13)(H2,9,10,11). The van der Waals surface area contributed by atoms with Gasteiger partial charge in [0.25, 0.3) is 5.91 Å². The maximum atomic E-state index is 11.3. The van der Waals surface area contributed by atoms with Crippen LogP contribution in [-0.4, -0.2) is 71.5 Å². The molecule has 1 fully saturated rings. The first-order valence-electron chi connectivity index (χ1n) is 7.76. The number of aromatic nitrogens is 2. The van der Waals surface area contributed by atoms with Gasteiger partial charge in [-0.2, -0.15) is 5.10 Å². The van der Waals surface area contributed by atoms with E-state index in [9.17, 15) is 9.59 Å².